The molecule has 6 heteroatoms. The van der Waals surface area contributed by atoms with Crippen LogP contribution in [0, 0.1) is 5.92 Å². The van der Waals surface area contributed by atoms with Gasteiger partial charge in [0, 0.05) is 32.3 Å². The Labute approximate surface area is 95.8 Å². The van der Waals surface area contributed by atoms with Gasteiger partial charge in [-0.2, -0.15) is 0 Å². The van der Waals surface area contributed by atoms with Gasteiger partial charge in [-0.05, 0) is 19.3 Å². The summed E-state index contributed by atoms with van der Waals surface area (Å²) >= 11 is 0. The molecule has 0 radical (unpaired) electrons. The summed E-state index contributed by atoms with van der Waals surface area (Å²) in [7, 11) is 0. The van der Waals surface area contributed by atoms with Gasteiger partial charge in [-0.3, -0.25) is 0 Å². The maximum absolute atomic E-state index is 8.51. The Bertz CT molecular complexity index is 118. The minimum Gasteiger partial charge on any atom is -0.396 e. The Morgan fingerprint density at radius 3 is 1.50 bits per heavy atom. The van der Waals surface area contributed by atoms with Crippen molar-refractivity contribution < 1.29 is 30.6 Å². The molecule has 0 heterocycles. The Hall–Kier alpha value is -0.240. The molecule has 0 aliphatic heterocycles. The highest BCUT2D eigenvalue weighted by molar-refractivity contribution is 4.54. The van der Waals surface area contributed by atoms with Crippen LogP contribution in [0.1, 0.15) is 19.3 Å². The highest BCUT2D eigenvalue weighted by Crippen LogP contribution is 2.02. The molecule has 100 valence electrons. The van der Waals surface area contributed by atoms with Gasteiger partial charge >= 0.3 is 0 Å². The lowest BCUT2D eigenvalue weighted by molar-refractivity contribution is 0.0721. The van der Waals surface area contributed by atoms with Crippen molar-refractivity contribution in [3.05, 3.63) is 0 Å². The third kappa shape index (κ3) is 13.8. The standard InChI is InChI=1S/C6H14O3.C4H10O3/c7-3-1-2-6(4-8)5-9;5-2-1-4(7)3-6/h6-9H,1-5H2;4-7H,1-3H2. The van der Waals surface area contributed by atoms with E-state index in [1.807, 2.05) is 0 Å². The molecule has 6 nitrogen and oxygen atoms in total. The minimum atomic E-state index is -0.745. The highest BCUT2D eigenvalue weighted by Gasteiger charge is 2.03. The van der Waals surface area contributed by atoms with E-state index in [1.54, 1.807) is 0 Å². The van der Waals surface area contributed by atoms with Crippen LogP contribution in [-0.4, -0.2) is 69.8 Å². The molecule has 16 heavy (non-hydrogen) atoms. The number of rotatable bonds is 8. The molecule has 0 aromatic heterocycles. The van der Waals surface area contributed by atoms with Crippen molar-refractivity contribution in [3.63, 3.8) is 0 Å². The number of aliphatic hydroxyl groups excluding tert-OH is 6. The second kappa shape index (κ2) is 14.8. The fourth-order valence-corrected chi connectivity index (χ4v) is 0.861. The van der Waals surface area contributed by atoms with E-state index >= 15 is 0 Å². The number of hydrogen-bond donors (Lipinski definition) is 6. The first-order valence-corrected chi connectivity index (χ1v) is 5.38. The summed E-state index contributed by atoms with van der Waals surface area (Å²) in [5.41, 5.74) is 0. The van der Waals surface area contributed by atoms with Gasteiger partial charge in [0.05, 0.1) is 12.7 Å². The largest absolute Gasteiger partial charge is 0.396 e. The van der Waals surface area contributed by atoms with Gasteiger partial charge in [0.15, 0.2) is 0 Å². The van der Waals surface area contributed by atoms with Crippen LogP contribution in [0.25, 0.3) is 0 Å². The first-order valence-electron chi connectivity index (χ1n) is 5.38. The monoisotopic (exact) mass is 240 g/mol. The molecule has 0 aliphatic rings. The van der Waals surface area contributed by atoms with Crippen LogP contribution < -0.4 is 0 Å². The second-order valence-electron chi connectivity index (χ2n) is 3.45. The molecule has 1 atom stereocenters. The molecule has 0 aromatic rings. The molecule has 0 saturated heterocycles. The van der Waals surface area contributed by atoms with Crippen molar-refractivity contribution in [1.29, 1.82) is 0 Å². The molecule has 6 N–H and O–H groups in total. The molecular formula is C10H24O6. The van der Waals surface area contributed by atoms with Crippen molar-refractivity contribution in [2.75, 3.05) is 33.0 Å². The lowest BCUT2D eigenvalue weighted by Crippen LogP contribution is -2.12. The second-order valence-corrected chi connectivity index (χ2v) is 3.45. The van der Waals surface area contributed by atoms with Gasteiger partial charge in [-0.15, -0.1) is 0 Å². The fourth-order valence-electron chi connectivity index (χ4n) is 0.861. The SMILES string of the molecule is OCCC(O)CO.OCCCC(CO)CO. The van der Waals surface area contributed by atoms with Crippen LogP contribution >= 0.6 is 0 Å². The molecule has 0 spiro atoms. The zero-order chi connectivity index (χ0) is 12.8. The molecule has 0 saturated carbocycles. The van der Waals surface area contributed by atoms with Crippen LogP contribution in [0.15, 0.2) is 0 Å². The summed E-state index contributed by atoms with van der Waals surface area (Å²) in [6, 6.07) is 0. The van der Waals surface area contributed by atoms with Gasteiger partial charge in [-0.1, -0.05) is 0 Å². The molecule has 0 amide bonds. The smallest absolute Gasteiger partial charge is 0.0792 e. The van der Waals surface area contributed by atoms with Crippen molar-refractivity contribution in [2.45, 2.75) is 25.4 Å². The van der Waals surface area contributed by atoms with E-state index in [2.05, 4.69) is 0 Å². The van der Waals surface area contributed by atoms with Crippen molar-refractivity contribution >= 4 is 0 Å². The van der Waals surface area contributed by atoms with Gasteiger partial charge in [0.2, 0.25) is 0 Å². The Morgan fingerprint density at radius 1 is 0.688 bits per heavy atom. The van der Waals surface area contributed by atoms with Crippen molar-refractivity contribution in [1.82, 2.24) is 0 Å². The van der Waals surface area contributed by atoms with Gasteiger partial charge < -0.3 is 30.6 Å². The van der Waals surface area contributed by atoms with E-state index in [0.29, 0.717) is 12.8 Å². The summed E-state index contributed by atoms with van der Waals surface area (Å²) in [4.78, 5) is 0. The quantitative estimate of drug-likeness (QED) is 0.294. The summed E-state index contributed by atoms with van der Waals surface area (Å²) in [6.07, 6.45) is 0.871. The van der Waals surface area contributed by atoms with E-state index in [4.69, 9.17) is 30.6 Å². The first-order chi connectivity index (χ1) is 7.65. The molecule has 0 aromatic carbocycles. The van der Waals surface area contributed by atoms with E-state index in [9.17, 15) is 0 Å². The molecule has 0 aliphatic carbocycles. The average Bonchev–Trinajstić information content (AvgIpc) is 2.31. The van der Waals surface area contributed by atoms with Gasteiger partial charge in [0.1, 0.15) is 0 Å². The van der Waals surface area contributed by atoms with E-state index < -0.39 is 6.10 Å². The maximum atomic E-state index is 8.51. The molecular weight excluding hydrogens is 216 g/mol. The average molecular weight is 240 g/mol. The van der Waals surface area contributed by atoms with Crippen molar-refractivity contribution in [3.8, 4) is 0 Å². The summed E-state index contributed by atoms with van der Waals surface area (Å²) in [5.74, 6) is -0.0443. The normalized spacial score (nSPS) is 12.2. The zero-order valence-corrected chi connectivity index (χ0v) is 9.49. The van der Waals surface area contributed by atoms with Gasteiger partial charge in [0.25, 0.3) is 0 Å². The molecule has 0 bridgehead atoms. The summed E-state index contributed by atoms with van der Waals surface area (Å²) in [5, 5.41) is 50.0. The van der Waals surface area contributed by atoms with Crippen LogP contribution in [0.3, 0.4) is 0 Å². The maximum Gasteiger partial charge on any atom is 0.0792 e. The third-order valence-electron chi connectivity index (χ3n) is 1.96. The summed E-state index contributed by atoms with van der Waals surface area (Å²) in [6.45, 7) is -0.175. The van der Waals surface area contributed by atoms with E-state index in [-0.39, 0.29) is 45.4 Å². The predicted octanol–water partition coefficient (Wildman–Crippen LogP) is -1.92. The van der Waals surface area contributed by atoms with Gasteiger partial charge in [-0.25, -0.2) is 0 Å². The number of hydrogen-bond acceptors (Lipinski definition) is 6. The lowest BCUT2D eigenvalue weighted by atomic mass is 10.1. The zero-order valence-electron chi connectivity index (χ0n) is 9.49. The topological polar surface area (TPSA) is 121 Å². The predicted molar refractivity (Wildman–Crippen MR) is 58.8 cm³/mol. The van der Waals surface area contributed by atoms with Crippen LogP contribution in [-0.2, 0) is 0 Å². The molecule has 0 rings (SSSR count). The lowest BCUT2D eigenvalue weighted by Gasteiger charge is -2.07. The Kier molecular flexibility index (Phi) is 16.7. The fraction of sp³-hybridized carbons (Fsp3) is 1.00. The third-order valence-corrected chi connectivity index (χ3v) is 1.96. The molecule has 0 fully saturated rings. The van der Waals surface area contributed by atoms with E-state index in [1.165, 1.54) is 0 Å². The van der Waals surface area contributed by atoms with Crippen LogP contribution in [0.2, 0.25) is 0 Å². The Morgan fingerprint density at radius 2 is 1.25 bits per heavy atom. The Balaban J connectivity index is 0. The number of aliphatic hydroxyl groups is 6. The van der Waals surface area contributed by atoms with Crippen LogP contribution in [0.4, 0.5) is 0 Å². The molecule has 1 unspecified atom stereocenters. The summed E-state index contributed by atoms with van der Waals surface area (Å²) < 4.78 is 0. The van der Waals surface area contributed by atoms with Crippen LogP contribution in [0.5, 0.6) is 0 Å². The highest BCUT2D eigenvalue weighted by atomic mass is 16.3. The van der Waals surface area contributed by atoms with Crippen molar-refractivity contribution in [2.24, 2.45) is 5.92 Å². The first kappa shape index (κ1) is 18.1. The van der Waals surface area contributed by atoms with E-state index in [0.717, 1.165) is 0 Å². The minimum absolute atomic E-state index is 0.0104.